The molecule has 9 heavy (non-hydrogen) atoms. The summed E-state index contributed by atoms with van der Waals surface area (Å²) in [5.74, 6) is 0. The van der Waals surface area contributed by atoms with Gasteiger partial charge in [0.15, 0.2) is 0 Å². The Morgan fingerprint density at radius 2 is 1.22 bits per heavy atom. The van der Waals surface area contributed by atoms with Crippen molar-refractivity contribution < 1.29 is 0 Å². The molecule has 0 aliphatic carbocycles. The maximum Gasteiger partial charge on any atom is 0.0295 e. The van der Waals surface area contributed by atoms with Gasteiger partial charge < -0.3 is 4.31 Å². The van der Waals surface area contributed by atoms with Gasteiger partial charge >= 0.3 is 0 Å². The predicted octanol–water partition coefficient (Wildman–Crippen LogP) is 1.71. The molecule has 1 heterocycles. The average molecular weight is 147 g/mol. The minimum Gasteiger partial charge on any atom is -0.329 e. The van der Waals surface area contributed by atoms with E-state index >= 15 is 0 Å². The van der Waals surface area contributed by atoms with Gasteiger partial charge in [0.2, 0.25) is 0 Å². The third kappa shape index (κ3) is 1.65. The second-order valence-corrected chi connectivity index (χ2v) is 16.1. The van der Waals surface area contributed by atoms with Crippen LogP contribution in [0.25, 0.3) is 0 Å². The van der Waals surface area contributed by atoms with Gasteiger partial charge in [-0.15, -0.1) is 0 Å². The summed E-state index contributed by atoms with van der Waals surface area (Å²) in [5.41, 5.74) is 0. The molecule has 0 spiro atoms. The SMILES string of the molecule is CS(C)(C)(C)(C)N1C=C1. The predicted molar refractivity (Wildman–Crippen MR) is 48.2 cm³/mol. The Bertz CT molecular complexity index is 162. The lowest BCUT2D eigenvalue weighted by molar-refractivity contribution is 0.965. The summed E-state index contributed by atoms with van der Waals surface area (Å²) >= 11 is 0. The van der Waals surface area contributed by atoms with Crippen LogP contribution in [0.3, 0.4) is 0 Å². The van der Waals surface area contributed by atoms with Gasteiger partial charge in [0, 0.05) is 12.4 Å². The molecule has 0 atom stereocenters. The number of hydrogen-bond donors (Lipinski definition) is 0. The van der Waals surface area contributed by atoms with Gasteiger partial charge in [-0.2, -0.15) is 0 Å². The van der Waals surface area contributed by atoms with Crippen LogP contribution in [0.4, 0.5) is 0 Å². The fraction of sp³-hybridized carbons (Fsp3) is 0.714. The van der Waals surface area contributed by atoms with Crippen LogP contribution in [0.15, 0.2) is 12.4 Å². The van der Waals surface area contributed by atoms with Gasteiger partial charge in [0.25, 0.3) is 0 Å². The molecule has 1 aliphatic heterocycles. The maximum absolute atomic E-state index is 2.35. The third-order valence-electron chi connectivity index (χ3n) is 1.32. The minimum absolute atomic E-state index is 1.78. The van der Waals surface area contributed by atoms with Crippen LogP contribution in [-0.2, 0) is 0 Å². The summed E-state index contributed by atoms with van der Waals surface area (Å²) in [5, 5.41) is 0. The lowest BCUT2D eigenvalue weighted by Gasteiger charge is -2.68. The molecule has 1 nitrogen and oxygen atoms in total. The van der Waals surface area contributed by atoms with E-state index in [9.17, 15) is 0 Å². The monoisotopic (exact) mass is 147 g/mol. The fourth-order valence-corrected chi connectivity index (χ4v) is 1.91. The highest BCUT2D eigenvalue weighted by Crippen LogP contribution is 2.80. The molecule has 2 heteroatoms. The van der Waals surface area contributed by atoms with Crippen LogP contribution >= 0.6 is 8.48 Å². The summed E-state index contributed by atoms with van der Waals surface area (Å²) in [4.78, 5) is 0. The first-order valence-electron chi connectivity index (χ1n) is 3.07. The van der Waals surface area contributed by atoms with Crippen molar-refractivity contribution in [3.63, 3.8) is 0 Å². The van der Waals surface area contributed by atoms with E-state index in [4.69, 9.17) is 0 Å². The van der Waals surface area contributed by atoms with Crippen molar-refractivity contribution in [3.8, 4) is 0 Å². The van der Waals surface area contributed by atoms with Crippen molar-refractivity contribution in [3.05, 3.63) is 12.4 Å². The Hall–Kier alpha value is -0.110. The van der Waals surface area contributed by atoms with Gasteiger partial charge in [0.05, 0.1) is 0 Å². The summed E-state index contributed by atoms with van der Waals surface area (Å²) in [7, 11) is -1.78. The maximum atomic E-state index is 2.35. The molecular formula is C7H17NS. The van der Waals surface area contributed by atoms with Gasteiger partial charge in [-0.1, -0.05) is 0 Å². The van der Waals surface area contributed by atoms with Crippen molar-refractivity contribution in [1.82, 2.24) is 4.31 Å². The lowest BCUT2D eigenvalue weighted by atomic mass is 11.3. The highest BCUT2D eigenvalue weighted by atomic mass is 32.4. The fourth-order valence-electron chi connectivity index (χ4n) is 0.636. The van der Waals surface area contributed by atoms with E-state index in [-0.39, 0.29) is 0 Å². The van der Waals surface area contributed by atoms with Crippen LogP contribution in [0.5, 0.6) is 0 Å². The molecule has 56 valence electrons. The minimum atomic E-state index is -1.78. The summed E-state index contributed by atoms with van der Waals surface area (Å²) < 4.78 is 2.35. The van der Waals surface area contributed by atoms with Crippen LogP contribution < -0.4 is 0 Å². The standard InChI is InChI=1S/C7H17NS/c1-9(2,3,4,5)8-6-7-8/h6-7H,1-5H3. The highest BCUT2D eigenvalue weighted by molar-refractivity contribution is 8.61. The zero-order valence-corrected chi connectivity index (χ0v) is 7.83. The Labute approximate surface area is 57.1 Å². The molecule has 0 radical (unpaired) electrons. The number of hydrogen-bond acceptors (Lipinski definition) is 1. The van der Waals surface area contributed by atoms with Crippen molar-refractivity contribution in [2.75, 3.05) is 31.3 Å². The zero-order valence-electron chi connectivity index (χ0n) is 7.01. The first kappa shape index (κ1) is 7.00. The van der Waals surface area contributed by atoms with Gasteiger partial charge in [-0.3, -0.25) is 0 Å². The Balaban J connectivity index is 2.94. The Morgan fingerprint density at radius 1 is 0.889 bits per heavy atom. The number of rotatable bonds is 1. The molecule has 0 aromatic rings. The molecule has 0 unspecified atom stereocenters. The molecule has 0 aromatic heterocycles. The molecule has 1 aliphatic rings. The van der Waals surface area contributed by atoms with Crippen molar-refractivity contribution in [2.24, 2.45) is 0 Å². The highest BCUT2D eigenvalue weighted by Gasteiger charge is 2.44. The van der Waals surface area contributed by atoms with Crippen molar-refractivity contribution in [1.29, 1.82) is 0 Å². The van der Waals surface area contributed by atoms with E-state index in [1.807, 2.05) is 0 Å². The smallest absolute Gasteiger partial charge is 0.0295 e. The van der Waals surface area contributed by atoms with E-state index < -0.39 is 8.48 Å². The normalized spacial score (nSPS) is 25.2. The Kier molecular flexibility index (Phi) is 0.737. The first-order valence-corrected chi connectivity index (χ1v) is 7.52. The van der Waals surface area contributed by atoms with Crippen LogP contribution in [0.1, 0.15) is 0 Å². The van der Waals surface area contributed by atoms with E-state index in [2.05, 4.69) is 48.0 Å². The van der Waals surface area contributed by atoms with Crippen LogP contribution in [0.2, 0.25) is 0 Å². The quantitative estimate of drug-likeness (QED) is 0.545. The molecule has 0 amide bonds. The van der Waals surface area contributed by atoms with Gasteiger partial charge in [-0.05, 0) is 31.3 Å². The van der Waals surface area contributed by atoms with Crippen LogP contribution in [0, 0.1) is 0 Å². The molecule has 0 saturated carbocycles. The lowest BCUT2D eigenvalue weighted by Crippen LogP contribution is -2.36. The summed E-state index contributed by atoms with van der Waals surface area (Å²) in [6, 6.07) is 0. The van der Waals surface area contributed by atoms with E-state index in [1.165, 1.54) is 0 Å². The second kappa shape index (κ2) is 0.947. The van der Waals surface area contributed by atoms with E-state index in [0.29, 0.717) is 0 Å². The summed E-state index contributed by atoms with van der Waals surface area (Å²) in [6.07, 6.45) is 16.0. The molecule has 0 N–H and O–H groups in total. The molecule has 0 bridgehead atoms. The van der Waals surface area contributed by atoms with E-state index in [0.717, 1.165) is 0 Å². The molecule has 0 aromatic carbocycles. The van der Waals surface area contributed by atoms with Gasteiger partial charge in [-0.25, -0.2) is 8.48 Å². The molecular weight excluding hydrogens is 130 g/mol. The summed E-state index contributed by atoms with van der Waals surface area (Å²) in [6.45, 7) is 0. The second-order valence-electron chi connectivity index (χ2n) is 5.65. The largest absolute Gasteiger partial charge is 0.329 e. The zero-order chi connectivity index (χ0) is 7.40. The Morgan fingerprint density at radius 3 is 1.22 bits per heavy atom. The van der Waals surface area contributed by atoms with E-state index in [1.54, 1.807) is 0 Å². The van der Waals surface area contributed by atoms with Crippen molar-refractivity contribution in [2.45, 2.75) is 0 Å². The first-order chi connectivity index (χ1) is 3.59. The van der Waals surface area contributed by atoms with Crippen molar-refractivity contribution >= 4 is 8.48 Å². The average Bonchev–Trinajstić information content (AvgIpc) is 1.89. The number of nitrogens with zero attached hydrogens (tertiary/aromatic N) is 1. The molecule has 1 rings (SSSR count). The third-order valence-corrected chi connectivity index (χ3v) is 3.68. The van der Waals surface area contributed by atoms with Crippen LogP contribution in [-0.4, -0.2) is 35.6 Å². The van der Waals surface area contributed by atoms with Gasteiger partial charge in [0.1, 0.15) is 0 Å². The topological polar surface area (TPSA) is 3.01 Å². The molecule has 0 saturated heterocycles. The molecule has 0 fully saturated rings.